The molecule has 3 aromatic rings. The first-order valence-corrected chi connectivity index (χ1v) is 7.75. The van der Waals surface area contributed by atoms with Gasteiger partial charge in [0.15, 0.2) is 0 Å². The molecule has 0 spiro atoms. The minimum Gasteiger partial charge on any atom is -0.248 e. The molecule has 116 valence electrons. The standard InChI is InChI=1S/C15H11BrClN5O/c16-11-7-4-8-12(17)13(11)21-9-19-14(20-15(21)23)22(18)10-5-2-1-3-6-10/h1-9H,18H2. The Balaban J connectivity index is 2.04. The van der Waals surface area contributed by atoms with Crippen molar-refractivity contribution >= 4 is 39.2 Å². The molecule has 23 heavy (non-hydrogen) atoms. The lowest BCUT2D eigenvalue weighted by atomic mass is 10.3. The highest BCUT2D eigenvalue weighted by Crippen LogP contribution is 2.27. The maximum atomic E-state index is 12.3. The van der Waals surface area contributed by atoms with Crippen LogP contribution >= 0.6 is 27.5 Å². The van der Waals surface area contributed by atoms with Gasteiger partial charge < -0.3 is 0 Å². The van der Waals surface area contributed by atoms with Crippen LogP contribution in [0.2, 0.25) is 5.02 Å². The van der Waals surface area contributed by atoms with E-state index in [4.69, 9.17) is 17.4 Å². The van der Waals surface area contributed by atoms with Crippen molar-refractivity contribution in [1.82, 2.24) is 14.5 Å². The molecule has 0 aliphatic carbocycles. The number of para-hydroxylation sites is 2. The molecule has 0 aliphatic heterocycles. The fraction of sp³-hybridized carbons (Fsp3) is 0. The van der Waals surface area contributed by atoms with Crippen LogP contribution in [0.5, 0.6) is 0 Å². The molecule has 0 fully saturated rings. The van der Waals surface area contributed by atoms with E-state index in [-0.39, 0.29) is 5.95 Å². The lowest BCUT2D eigenvalue weighted by molar-refractivity contribution is 0.831. The summed E-state index contributed by atoms with van der Waals surface area (Å²) in [6.07, 6.45) is 1.35. The fourth-order valence-electron chi connectivity index (χ4n) is 2.02. The van der Waals surface area contributed by atoms with Crippen molar-refractivity contribution in [3.63, 3.8) is 0 Å². The molecule has 6 nitrogen and oxygen atoms in total. The average Bonchev–Trinajstić information content (AvgIpc) is 2.56. The van der Waals surface area contributed by atoms with Crippen LogP contribution in [0, 0.1) is 0 Å². The molecule has 0 atom stereocenters. The first-order valence-electron chi connectivity index (χ1n) is 6.58. The van der Waals surface area contributed by atoms with Crippen molar-refractivity contribution in [3.8, 4) is 5.69 Å². The lowest BCUT2D eigenvalue weighted by Gasteiger charge is -2.16. The average molecular weight is 393 g/mol. The van der Waals surface area contributed by atoms with E-state index in [2.05, 4.69) is 25.9 Å². The molecule has 0 saturated heterocycles. The third-order valence-corrected chi connectivity index (χ3v) is 4.06. The number of halogens is 2. The van der Waals surface area contributed by atoms with Crippen molar-refractivity contribution in [2.75, 3.05) is 5.01 Å². The van der Waals surface area contributed by atoms with Crippen molar-refractivity contribution in [1.29, 1.82) is 0 Å². The van der Waals surface area contributed by atoms with E-state index in [1.54, 1.807) is 30.3 Å². The summed E-state index contributed by atoms with van der Waals surface area (Å²) < 4.78 is 1.92. The van der Waals surface area contributed by atoms with E-state index < -0.39 is 5.69 Å². The van der Waals surface area contributed by atoms with E-state index in [1.807, 2.05) is 18.2 Å². The second kappa shape index (κ2) is 6.49. The van der Waals surface area contributed by atoms with E-state index in [9.17, 15) is 4.79 Å². The molecule has 0 saturated carbocycles. The Morgan fingerprint density at radius 2 is 1.87 bits per heavy atom. The molecule has 0 radical (unpaired) electrons. The minimum absolute atomic E-state index is 0.0978. The zero-order valence-corrected chi connectivity index (χ0v) is 14.1. The lowest BCUT2D eigenvalue weighted by Crippen LogP contribution is -2.32. The van der Waals surface area contributed by atoms with Gasteiger partial charge in [0.05, 0.1) is 16.4 Å². The highest BCUT2D eigenvalue weighted by atomic mass is 79.9. The topological polar surface area (TPSA) is 77.0 Å². The van der Waals surface area contributed by atoms with E-state index in [1.165, 1.54) is 15.9 Å². The predicted molar refractivity (Wildman–Crippen MR) is 93.1 cm³/mol. The van der Waals surface area contributed by atoms with Crippen molar-refractivity contribution in [2.24, 2.45) is 5.84 Å². The van der Waals surface area contributed by atoms with Crippen LogP contribution in [0.1, 0.15) is 0 Å². The van der Waals surface area contributed by atoms with Gasteiger partial charge in [-0.2, -0.15) is 4.98 Å². The Labute approximate surface area is 145 Å². The largest absolute Gasteiger partial charge is 0.356 e. The first kappa shape index (κ1) is 15.7. The Bertz CT molecular complexity index is 880. The van der Waals surface area contributed by atoms with Gasteiger partial charge in [-0.05, 0) is 40.2 Å². The van der Waals surface area contributed by atoms with Gasteiger partial charge >= 0.3 is 5.69 Å². The van der Waals surface area contributed by atoms with Crippen LogP contribution in [-0.2, 0) is 0 Å². The first-order chi connectivity index (χ1) is 11.1. The summed E-state index contributed by atoms with van der Waals surface area (Å²) in [5.74, 6) is 6.06. The molecular weight excluding hydrogens is 382 g/mol. The number of benzene rings is 2. The van der Waals surface area contributed by atoms with Gasteiger partial charge in [-0.3, -0.25) is 0 Å². The summed E-state index contributed by atoms with van der Waals surface area (Å²) in [7, 11) is 0. The Kier molecular flexibility index (Phi) is 4.42. The summed E-state index contributed by atoms with van der Waals surface area (Å²) in [6, 6.07) is 14.3. The Morgan fingerprint density at radius 3 is 2.52 bits per heavy atom. The number of nitrogens with two attached hydrogens (primary N) is 1. The minimum atomic E-state index is -0.532. The summed E-state index contributed by atoms with van der Waals surface area (Å²) >= 11 is 9.52. The molecule has 8 heteroatoms. The highest BCUT2D eigenvalue weighted by Gasteiger charge is 2.13. The maximum Gasteiger partial charge on any atom is 0.356 e. The van der Waals surface area contributed by atoms with E-state index >= 15 is 0 Å². The van der Waals surface area contributed by atoms with Crippen LogP contribution in [-0.4, -0.2) is 14.5 Å². The Morgan fingerprint density at radius 1 is 1.13 bits per heavy atom. The third kappa shape index (κ3) is 3.12. The summed E-state index contributed by atoms with van der Waals surface area (Å²) in [5, 5.41) is 1.65. The van der Waals surface area contributed by atoms with Crippen molar-refractivity contribution in [2.45, 2.75) is 0 Å². The zero-order valence-electron chi connectivity index (χ0n) is 11.7. The van der Waals surface area contributed by atoms with Crippen LogP contribution in [0.3, 0.4) is 0 Å². The molecule has 0 amide bonds. The molecule has 1 heterocycles. The SMILES string of the molecule is NN(c1ccccc1)c1ncn(-c2c(Cl)cccc2Br)c(=O)n1. The number of anilines is 2. The number of nitrogens with zero attached hydrogens (tertiary/aromatic N) is 4. The summed E-state index contributed by atoms with van der Waals surface area (Å²) in [5.41, 5.74) is 0.618. The number of hydrogen-bond donors (Lipinski definition) is 1. The second-order valence-electron chi connectivity index (χ2n) is 4.58. The van der Waals surface area contributed by atoms with Crippen LogP contribution in [0.4, 0.5) is 11.6 Å². The molecule has 0 aliphatic rings. The highest BCUT2D eigenvalue weighted by molar-refractivity contribution is 9.10. The van der Waals surface area contributed by atoms with E-state index in [0.29, 0.717) is 20.9 Å². The van der Waals surface area contributed by atoms with Gasteiger partial charge in [-0.25, -0.2) is 25.2 Å². The van der Waals surface area contributed by atoms with E-state index in [0.717, 1.165) is 0 Å². The van der Waals surface area contributed by atoms with Gasteiger partial charge in [0, 0.05) is 4.47 Å². The quantitative estimate of drug-likeness (QED) is 0.547. The number of hydrazine groups is 1. The number of aromatic nitrogens is 3. The van der Waals surface area contributed by atoms with Crippen LogP contribution in [0.15, 0.2) is 64.1 Å². The zero-order chi connectivity index (χ0) is 16.4. The molecular formula is C15H11BrClN5O. The molecule has 2 N–H and O–H groups in total. The van der Waals surface area contributed by atoms with Gasteiger partial charge in [-0.1, -0.05) is 35.9 Å². The Hall–Kier alpha value is -2.22. The molecule has 3 rings (SSSR count). The number of rotatable bonds is 3. The monoisotopic (exact) mass is 391 g/mol. The van der Waals surface area contributed by atoms with Gasteiger partial charge in [0.2, 0.25) is 0 Å². The smallest absolute Gasteiger partial charge is 0.248 e. The second-order valence-corrected chi connectivity index (χ2v) is 5.85. The van der Waals surface area contributed by atoms with Gasteiger partial charge in [0.25, 0.3) is 5.95 Å². The van der Waals surface area contributed by atoms with Crippen molar-refractivity contribution in [3.05, 3.63) is 74.8 Å². The molecule has 0 bridgehead atoms. The van der Waals surface area contributed by atoms with Gasteiger partial charge in [-0.15, -0.1) is 0 Å². The normalized spacial score (nSPS) is 10.6. The fourth-order valence-corrected chi connectivity index (χ4v) is 2.96. The number of hydrogen-bond acceptors (Lipinski definition) is 5. The van der Waals surface area contributed by atoms with Crippen LogP contribution < -0.4 is 16.5 Å². The van der Waals surface area contributed by atoms with Crippen LogP contribution in [0.25, 0.3) is 5.69 Å². The molecule has 0 unspecified atom stereocenters. The third-order valence-electron chi connectivity index (χ3n) is 3.12. The summed E-state index contributed by atoms with van der Waals surface area (Å²) in [6.45, 7) is 0. The van der Waals surface area contributed by atoms with Gasteiger partial charge in [0.1, 0.15) is 6.33 Å². The maximum absolute atomic E-state index is 12.3. The summed E-state index contributed by atoms with van der Waals surface area (Å²) in [4.78, 5) is 20.4. The predicted octanol–water partition coefficient (Wildman–Crippen LogP) is 3.06. The molecule has 2 aromatic carbocycles. The van der Waals surface area contributed by atoms with Crippen molar-refractivity contribution < 1.29 is 0 Å². The molecule has 1 aromatic heterocycles.